The van der Waals surface area contributed by atoms with Crippen molar-refractivity contribution in [1.29, 1.82) is 0 Å². The van der Waals surface area contributed by atoms with E-state index in [-0.39, 0.29) is 0 Å². The van der Waals surface area contributed by atoms with Crippen LogP contribution in [0.1, 0.15) is 96.5 Å². The number of rotatable bonds is 19. The lowest BCUT2D eigenvalue weighted by molar-refractivity contribution is -0.132. The summed E-state index contributed by atoms with van der Waals surface area (Å²) in [6, 6.07) is 16.1. The maximum atomic E-state index is 10.7. The second-order valence-corrected chi connectivity index (χ2v) is 9.48. The maximum absolute atomic E-state index is 10.7. The molecule has 0 bridgehead atoms. The van der Waals surface area contributed by atoms with Gasteiger partial charge in [0.15, 0.2) is 0 Å². The van der Waals surface area contributed by atoms with Crippen LogP contribution < -0.4 is 4.74 Å². The van der Waals surface area contributed by atoms with Crippen molar-refractivity contribution in [2.24, 2.45) is 10.2 Å². The summed E-state index contributed by atoms with van der Waals surface area (Å²) in [6.07, 6.45) is 17.1. The molecular weight excluding hydrogens is 448 g/mol. The first-order valence-corrected chi connectivity index (χ1v) is 13.7. The SMILES string of the molecule is CCCCc1ccc(/N=N/c2ccc(OCCCCCCCCCCC/C=C(\C)C(=O)O)cc2)cc1. The number of allylic oxidation sites excluding steroid dienone is 1. The van der Waals surface area contributed by atoms with Crippen LogP contribution in [0.5, 0.6) is 5.75 Å². The number of hydrogen-bond donors (Lipinski definition) is 1. The van der Waals surface area contributed by atoms with Crippen LogP contribution in [0.4, 0.5) is 11.4 Å². The molecule has 0 unspecified atom stereocenters. The van der Waals surface area contributed by atoms with Crippen molar-refractivity contribution in [1.82, 2.24) is 0 Å². The molecule has 0 heterocycles. The van der Waals surface area contributed by atoms with Crippen LogP contribution in [0.25, 0.3) is 0 Å². The largest absolute Gasteiger partial charge is 0.494 e. The highest BCUT2D eigenvalue weighted by Crippen LogP contribution is 2.22. The second kappa shape index (κ2) is 18.3. The predicted molar refractivity (Wildman–Crippen MR) is 149 cm³/mol. The predicted octanol–water partition coefficient (Wildman–Crippen LogP) is 9.76. The van der Waals surface area contributed by atoms with E-state index in [0.717, 1.165) is 49.4 Å². The van der Waals surface area contributed by atoms with Crippen LogP contribution in [0.2, 0.25) is 0 Å². The first kappa shape index (κ1) is 29.3. The Labute approximate surface area is 217 Å². The fourth-order valence-electron chi connectivity index (χ4n) is 3.91. The van der Waals surface area contributed by atoms with Gasteiger partial charge < -0.3 is 9.84 Å². The third-order valence-electron chi connectivity index (χ3n) is 6.28. The van der Waals surface area contributed by atoms with Gasteiger partial charge in [-0.25, -0.2) is 4.79 Å². The summed E-state index contributed by atoms with van der Waals surface area (Å²) in [5, 5.41) is 17.5. The molecule has 0 aliphatic heterocycles. The minimum atomic E-state index is -0.809. The zero-order chi connectivity index (χ0) is 25.8. The summed E-state index contributed by atoms with van der Waals surface area (Å²) < 4.78 is 5.87. The summed E-state index contributed by atoms with van der Waals surface area (Å²) in [4.78, 5) is 10.7. The van der Waals surface area contributed by atoms with E-state index in [4.69, 9.17) is 9.84 Å². The monoisotopic (exact) mass is 492 g/mol. The topological polar surface area (TPSA) is 71.2 Å². The molecule has 0 radical (unpaired) electrons. The fraction of sp³-hybridized carbons (Fsp3) is 0.516. The molecule has 196 valence electrons. The van der Waals surface area contributed by atoms with Gasteiger partial charge in [-0.05, 0) is 81.0 Å². The van der Waals surface area contributed by atoms with E-state index < -0.39 is 5.97 Å². The standard InChI is InChI=1S/C31H44N2O3/c1-3-4-16-27-17-19-28(20-18-27)32-33-29-21-23-30(24-22-29)36-25-14-12-10-8-6-5-7-9-11-13-15-26(2)31(34)35/h15,17-24H,3-14,16,25H2,1-2H3,(H,34,35)/b26-15+,33-32+. The van der Waals surface area contributed by atoms with Gasteiger partial charge in [-0.15, -0.1) is 0 Å². The number of aryl methyl sites for hydroxylation is 1. The number of carboxylic acid groups (broad SMARTS) is 1. The third-order valence-corrected chi connectivity index (χ3v) is 6.28. The smallest absolute Gasteiger partial charge is 0.330 e. The van der Waals surface area contributed by atoms with Crippen molar-refractivity contribution in [2.75, 3.05) is 6.61 Å². The molecule has 0 aromatic heterocycles. The number of azo groups is 1. The van der Waals surface area contributed by atoms with Crippen LogP contribution in [0.15, 0.2) is 70.4 Å². The van der Waals surface area contributed by atoms with Gasteiger partial charge in [0, 0.05) is 5.57 Å². The molecule has 2 rings (SSSR count). The quantitative estimate of drug-likeness (QED) is 0.120. The number of benzene rings is 2. The molecule has 5 heteroatoms. The van der Waals surface area contributed by atoms with E-state index in [1.165, 1.54) is 63.4 Å². The molecule has 0 fully saturated rings. The molecule has 5 nitrogen and oxygen atoms in total. The molecule has 2 aromatic carbocycles. The van der Waals surface area contributed by atoms with Crippen molar-refractivity contribution in [3.8, 4) is 5.75 Å². The summed E-state index contributed by atoms with van der Waals surface area (Å²) in [6.45, 7) is 4.61. The Bertz CT molecular complexity index is 918. The Morgan fingerprint density at radius 1 is 0.778 bits per heavy atom. The lowest BCUT2D eigenvalue weighted by Gasteiger charge is -2.06. The van der Waals surface area contributed by atoms with Crippen LogP contribution in [0, 0.1) is 0 Å². The van der Waals surface area contributed by atoms with Crippen LogP contribution in [-0.4, -0.2) is 17.7 Å². The van der Waals surface area contributed by atoms with Crippen molar-refractivity contribution in [2.45, 2.75) is 97.3 Å². The van der Waals surface area contributed by atoms with E-state index in [0.29, 0.717) is 5.57 Å². The van der Waals surface area contributed by atoms with Crippen LogP contribution >= 0.6 is 0 Å². The van der Waals surface area contributed by atoms with Gasteiger partial charge in [0.2, 0.25) is 0 Å². The molecule has 0 spiro atoms. The van der Waals surface area contributed by atoms with Gasteiger partial charge in [-0.1, -0.05) is 76.5 Å². The lowest BCUT2D eigenvalue weighted by atomic mass is 10.1. The Morgan fingerprint density at radius 2 is 1.31 bits per heavy atom. The highest BCUT2D eigenvalue weighted by atomic mass is 16.5. The fourth-order valence-corrected chi connectivity index (χ4v) is 3.91. The van der Waals surface area contributed by atoms with Gasteiger partial charge in [0.25, 0.3) is 0 Å². The van der Waals surface area contributed by atoms with Gasteiger partial charge in [0.05, 0.1) is 18.0 Å². The van der Waals surface area contributed by atoms with E-state index in [1.807, 2.05) is 42.5 Å². The molecule has 0 aliphatic rings. The summed E-state index contributed by atoms with van der Waals surface area (Å²) >= 11 is 0. The zero-order valence-corrected chi connectivity index (χ0v) is 22.3. The van der Waals surface area contributed by atoms with Crippen molar-refractivity contribution in [3.05, 3.63) is 65.7 Å². The Kier molecular flexibility index (Phi) is 14.9. The molecule has 0 amide bonds. The molecule has 1 N–H and O–H groups in total. The lowest BCUT2D eigenvalue weighted by Crippen LogP contribution is -1.96. The summed E-state index contributed by atoms with van der Waals surface area (Å²) in [5.74, 6) is 0.0682. The number of carbonyl (C=O) groups is 1. The number of carboxylic acids is 1. The Balaban J connectivity index is 1.49. The molecule has 0 saturated heterocycles. The molecule has 0 saturated carbocycles. The highest BCUT2D eigenvalue weighted by molar-refractivity contribution is 5.85. The number of unbranched alkanes of at least 4 members (excludes halogenated alkanes) is 10. The third kappa shape index (κ3) is 13.2. The maximum Gasteiger partial charge on any atom is 0.330 e. The average Bonchev–Trinajstić information content (AvgIpc) is 2.90. The summed E-state index contributed by atoms with van der Waals surface area (Å²) in [7, 11) is 0. The minimum Gasteiger partial charge on any atom is -0.494 e. The van der Waals surface area contributed by atoms with Gasteiger partial charge in [-0.2, -0.15) is 10.2 Å². The number of nitrogens with zero attached hydrogens (tertiary/aromatic N) is 2. The first-order chi connectivity index (χ1) is 17.6. The first-order valence-electron chi connectivity index (χ1n) is 13.7. The normalized spacial score (nSPS) is 11.8. The van der Waals surface area contributed by atoms with E-state index in [9.17, 15) is 4.79 Å². The number of ether oxygens (including phenoxy) is 1. The molecule has 36 heavy (non-hydrogen) atoms. The molecule has 0 atom stereocenters. The van der Waals surface area contributed by atoms with Crippen LogP contribution in [0.3, 0.4) is 0 Å². The molecule has 0 aliphatic carbocycles. The highest BCUT2D eigenvalue weighted by Gasteiger charge is 1.99. The van der Waals surface area contributed by atoms with E-state index >= 15 is 0 Å². The van der Waals surface area contributed by atoms with Crippen molar-refractivity contribution >= 4 is 17.3 Å². The number of hydrogen-bond acceptors (Lipinski definition) is 4. The van der Waals surface area contributed by atoms with Crippen molar-refractivity contribution < 1.29 is 14.6 Å². The zero-order valence-electron chi connectivity index (χ0n) is 22.3. The van der Waals surface area contributed by atoms with Crippen LogP contribution in [-0.2, 0) is 11.2 Å². The van der Waals surface area contributed by atoms with Gasteiger partial charge in [-0.3, -0.25) is 0 Å². The molecule has 2 aromatic rings. The minimum absolute atomic E-state index is 0.456. The van der Waals surface area contributed by atoms with E-state index in [1.54, 1.807) is 6.92 Å². The average molecular weight is 493 g/mol. The van der Waals surface area contributed by atoms with Gasteiger partial charge >= 0.3 is 5.97 Å². The number of aliphatic carboxylic acids is 1. The van der Waals surface area contributed by atoms with E-state index in [2.05, 4.69) is 29.3 Å². The second-order valence-electron chi connectivity index (χ2n) is 9.48. The Hall–Kier alpha value is -2.95. The van der Waals surface area contributed by atoms with Gasteiger partial charge in [0.1, 0.15) is 5.75 Å². The van der Waals surface area contributed by atoms with Crippen molar-refractivity contribution in [3.63, 3.8) is 0 Å². The Morgan fingerprint density at radius 3 is 1.86 bits per heavy atom. The summed E-state index contributed by atoms with van der Waals surface area (Å²) in [5.41, 5.74) is 3.50. The molecular formula is C31H44N2O3.